The van der Waals surface area contributed by atoms with Crippen molar-refractivity contribution < 1.29 is 23.9 Å². The molecule has 0 spiro atoms. The van der Waals surface area contributed by atoms with E-state index in [9.17, 15) is 9.90 Å². The Labute approximate surface area is 206 Å². The zero-order chi connectivity index (χ0) is 23.9. The van der Waals surface area contributed by atoms with E-state index in [0.29, 0.717) is 28.5 Å². The number of para-hydroxylation sites is 2. The van der Waals surface area contributed by atoms with Crippen molar-refractivity contribution >= 4 is 5.97 Å². The highest BCUT2D eigenvalue weighted by molar-refractivity contribution is 5.88. The highest BCUT2D eigenvalue weighted by atomic mass is 16.6. The molecule has 4 aliphatic rings. The molecular weight excluding hydrogens is 438 g/mol. The van der Waals surface area contributed by atoms with Gasteiger partial charge in [-0.15, -0.1) is 0 Å². The second kappa shape index (κ2) is 8.81. The Morgan fingerprint density at radius 1 is 0.914 bits per heavy atom. The fourth-order valence-electron chi connectivity index (χ4n) is 6.34. The number of ether oxygens (including phenoxy) is 2. The van der Waals surface area contributed by atoms with Gasteiger partial charge in [0.25, 0.3) is 0 Å². The molecule has 0 aromatic heterocycles. The van der Waals surface area contributed by atoms with Crippen LogP contribution in [-0.4, -0.2) is 41.4 Å². The van der Waals surface area contributed by atoms with Crippen molar-refractivity contribution in [3.8, 4) is 11.5 Å². The maximum absolute atomic E-state index is 13.9. The van der Waals surface area contributed by atoms with Gasteiger partial charge in [-0.3, -0.25) is 4.48 Å². The standard InChI is InChI=1S/C30H32NO4/c32-29(30(33)24-12-4-6-14-26(24)34-27-15-7-5-13-25(27)30)35-28-21-23-16-19-31(28,20-17-23)18-8-11-22-9-2-1-3-10-22/h1-7,9-10,12-15,23,28,33H,8,11,16-21H2/q+1/t23?,28-,31?/m1/s1. The van der Waals surface area contributed by atoms with Crippen molar-refractivity contribution in [2.75, 3.05) is 19.6 Å². The molecule has 3 aromatic carbocycles. The molecule has 4 aliphatic heterocycles. The summed E-state index contributed by atoms with van der Waals surface area (Å²) >= 11 is 0. The summed E-state index contributed by atoms with van der Waals surface area (Å²) in [6.07, 6.45) is 5.08. The van der Waals surface area contributed by atoms with E-state index >= 15 is 0 Å². The second-order valence-corrected chi connectivity index (χ2v) is 10.3. The molecule has 1 atom stereocenters. The van der Waals surface area contributed by atoms with Gasteiger partial charge in [-0.25, -0.2) is 4.79 Å². The van der Waals surface area contributed by atoms with Gasteiger partial charge in [0, 0.05) is 36.8 Å². The summed E-state index contributed by atoms with van der Waals surface area (Å²) in [5.41, 5.74) is 0.332. The quantitative estimate of drug-likeness (QED) is 0.399. The summed E-state index contributed by atoms with van der Waals surface area (Å²) in [5, 5.41) is 12.0. The van der Waals surface area contributed by atoms with Gasteiger partial charge in [-0.2, -0.15) is 0 Å². The first-order chi connectivity index (χ1) is 17.1. The fourth-order valence-corrected chi connectivity index (χ4v) is 6.34. The van der Waals surface area contributed by atoms with Crippen LogP contribution < -0.4 is 4.74 Å². The summed E-state index contributed by atoms with van der Waals surface area (Å²) in [5.74, 6) is 0.968. The van der Waals surface area contributed by atoms with E-state index in [-0.39, 0.29) is 6.23 Å². The average molecular weight is 471 g/mol. The van der Waals surface area contributed by atoms with Gasteiger partial charge in [-0.1, -0.05) is 66.7 Å². The highest BCUT2D eigenvalue weighted by Gasteiger charge is 2.54. The number of aliphatic hydroxyl groups is 1. The summed E-state index contributed by atoms with van der Waals surface area (Å²) in [6.45, 7) is 3.05. The number of carbonyl (C=O) groups is 1. The zero-order valence-corrected chi connectivity index (χ0v) is 19.9. The predicted molar refractivity (Wildman–Crippen MR) is 133 cm³/mol. The summed E-state index contributed by atoms with van der Waals surface area (Å²) in [6, 6.07) is 25.0. The highest BCUT2D eigenvalue weighted by Crippen LogP contribution is 2.48. The Bertz CT molecular complexity index is 1170. The van der Waals surface area contributed by atoms with Gasteiger partial charge >= 0.3 is 5.97 Å². The van der Waals surface area contributed by atoms with Crippen molar-refractivity contribution in [2.24, 2.45) is 5.92 Å². The normalized spacial score (nSPS) is 25.7. The molecule has 0 amide bonds. The molecule has 5 heteroatoms. The Balaban J connectivity index is 1.27. The van der Waals surface area contributed by atoms with Gasteiger partial charge < -0.3 is 14.6 Å². The number of piperidine rings is 3. The maximum atomic E-state index is 13.9. The van der Waals surface area contributed by atoms with Crippen LogP contribution in [0.25, 0.3) is 0 Å². The summed E-state index contributed by atoms with van der Waals surface area (Å²) in [7, 11) is 0. The molecular formula is C30H32NO4+. The minimum absolute atomic E-state index is 0.225. The van der Waals surface area contributed by atoms with Gasteiger partial charge in [0.1, 0.15) is 11.5 Å². The molecule has 1 N–H and O–H groups in total. The number of rotatable bonds is 6. The molecule has 7 rings (SSSR count). The van der Waals surface area contributed by atoms with Crippen molar-refractivity contribution in [3.63, 3.8) is 0 Å². The smallest absolute Gasteiger partial charge is 0.352 e. The minimum Gasteiger partial charge on any atom is -0.457 e. The largest absolute Gasteiger partial charge is 0.457 e. The lowest BCUT2D eigenvalue weighted by Crippen LogP contribution is -2.66. The Morgan fingerprint density at radius 2 is 1.51 bits per heavy atom. The van der Waals surface area contributed by atoms with Crippen LogP contribution in [0.4, 0.5) is 0 Å². The van der Waals surface area contributed by atoms with Crippen LogP contribution in [0.1, 0.15) is 42.4 Å². The molecule has 35 heavy (non-hydrogen) atoms. The minimum atomic E-state index is -1.89. The van der Waals surface area contributed by atoms with Crippen LogP contribution in [0, 0.1) is 5.92 Å². The zero-order valence-electron chi connectivity index (χ0n) is 19.9. The molecule has 3 aromatic rings. The topological polar surface area (TPSA) is 55.8 Å². The van der Waals surface area contributed by atoms with Gasteiger partial charge in [0.15, 0.2) is 0 Å². The first-order valence-corrected chi connectivity index (χ1v) is 12.8. The van der Waals surface area contributed by atoms with E-state index in [0.717, 1.165) is 43.4 Å². The molecule has 3 fully saturated rings. The lowest BCUT2D eigenvalue weighted by Gasteiger charge is -2.53. The van der Waals surface area contributed by atoms with Gasteiger partial charge in [-0.05, 0) is 30.0 Å². The molecule has 0 unspecified atom stereocenters. The fraction of sp³-hybridized carbons (Fsp3) is 0.367. The van der Waals surface area contributed by atoms with Crippen LogP contribution in [-0.2, 0) is 21.6 Å². The number of benzene rings is 3. The van der Waals surface area contributed by atoms with Crippen molar-refractivity contribution in [3.05, 3.63) is 95.6 Å². The molecule has 180 valence electrons. The van der Waals surface area contributed by atoms with E-state index in [1.807, 2.05) is 30.3 Å². The summed E-state index contributed by atoms with van der Waals surface area (Å²) < 4.78 is 13.1. The van der Waals surface area contributed by atoms with Crippen LogP contribution in [0.5, 0.6) is 11.5 Å². The third-order valence-electron chi connectivity index (χ3n) is 8.34. The van der Waals surface area contributed by atoms with Crippen LogP contribution >= 0.6 is 0 Å². The van der Waals surface area contributed by atoms with Crippen LogP contribution in [0.2, 0.25) is 0 Å². The number of fused-ring (bicyclic) bond motifs is 5. The predicted octanol–water partition coefficient (Wildman–Crippen LogP) is 5.16. The van der Waals surface area contributed by atoms with E-state index < -0.39 is 11.6 Å². The number of aryl methyl sites for hydroxylation is 1. The molecule has 2 bridgehead atoms. The first kappa shape index (κ1) is 22.3. The SMILES string of the molecule is O=C(O[C@@H]1CC2CC[N+]1(CCCc1ccccc1)CC2)C1(O)c2ccccc2Oc2ccccc21. The number of nitrogens with zero attached hydrogens (tertiary/aromatic N) is 1. The number of esters is 1. The average Bonchev–Trinajstić information content (AvgIpc) is 2.90. The number of hydrogen-bond acceptors (Lipinski definition) is 4. The van der Waals surface area contributed by atoms with Crippen molar-refractivity contribution in [1.29, 1.82) is 0 Å². The Morgan fingerprint density at radius 3 is 2.17 bits per heavy atom. The monoisotopic (exact) mass is 470 g/mol. The Kier molecular flexibility index (Phi) is 5.62. The number of hydrogen-bond donors (Lipinski definition) is 1. The summed E-state index contributed by atoms with van der Waals surface area (Å²) in [4.78, 5) is 13.9. The van der Waals surface area contributed by atoms with E-state index in [1.165, 1.54) is 18.4 Å². The second-order valence-electron chi connectivity index (χ2n) is 10.3. The molecule has 5 nitrogen and oxygen atoms in total. The lowest BCUT2D eigenvalue weighted by atomic mass is 9.82. The Hall–Kier alpha value is -3.15. The van der Waals surface area contributed by atoms with Crippen LogP contribution in [0.15, 0.2) is 78.9 Å². The first-order valence-electron chi connectivity index (χ1n) is 12.8. The number of quaternary nitrogens is 1. The molecule has 0 saturated carbocycles. The maximum Gasteiger partial charge on any atom is 0.352 e. The van der Waals surface area contributed by atoms with Crippen molar-refractivity contribution in [1.82, 2.24) is 0 Å². The third kappa shape index (κ3) is 3.83. The molecule has 3 saturated heterocycles. The molecule has 0 radical (unpaired) electrons. The van der Waals surface area contributed by atoms with Gasteiger partial charge in [0.05, 0.1) is 19.6 Å². The van der Waals surface area contributed by atoms with E-state index in [4.69, 9.17) is 9.47 Å². The third-order valence-corrected chi connectivity index (χ3v) is 8.34. The van der Waals surface area contributed by atoms with Crippen molar-refractivity contribution in [2.45, 2.75) is 43.9 Å². The van der Waals surface area contributed by atoms with Gasteiger partial charge in [0.2, 0.25) is 11.8 Å². The van der Waals surface area contributed by atoms with E-state index in [2.05, 4.69) is 24.3 Å². The van der Waals surface area contributed by atoms with E-state index in [1.54, 1.807) is 24.3 Å². The van der Waals surface area contributed by atoms with Crippen LogP contribution in [0.3, 0.4) is 0 Å². The number of carbonyl (C=O) groups excluding carboxylic acids is 1. The lowest BCUT2D eigenvalue weighted by molar-refractivity contribution is -0.984. The molecule has 4 heterocycles. The molecule has 0 aliphatic carbocycles.